The van der Waals surface area contributed by atoms with Crippen LogP contribution in [0, 0.1) is 23.3 Å². The molecular formula is C54H73F4N7O19S. The first-order valence-corrected chi connectivity index (χ1v) is 28.8. The third kappa shape index (κ3) is 23.5. The van der Waals surface area contributed by atoms with Crippen molar-refractivity contribution in [3.8, 4) is 16.9 Å². The lowest BCUT2D eigenvalue weighted by molar-refractivity contribution is -0.180. The predicted octanol–water partition coefficient (Wildman–Crippen LogP) is 3.41. The van der Waals surface area contributed by atoms with Gasteiger partial charge < -0.3 is 68.1 Å². The Balaban J connectivity index is 0.755. The highest BCUT2D eigenvalue weighted by Gasteiger charge is 2.39. The summed E-state index contributed by atoms with van der Waals surface area (Å²) < 4.78 is 145. The molecule has 0 spiro atoms. The maximum atomic E-state index is 14.0. The zero-order valence-electron chi connectivity index (χ0n) is 47.4. The van der Waals surface area contributed by atoms with Crippen molar-refractivity contribution in [3.63, 3.8) is 0 Å². The number of carbonyl (C=O) groups excluding carboxylic acids is 4. The Hall–Kier alpha value is -6.20. The highest BCUT2D eigenvalue weighted by atomic mass is 32.2. The highest BCUT2D eigenvalue weighted by molar-refractivity contribution is 7.85. The molecule has 3 amide bonds. The summed E-state index contributed by atoms with van der Waals surface area (Å²) in [7, 11) is -5.65. The van der Waals surface area contributed by atoms with Crippen LogP contribution in [0.4, 0.5) is 23.2 Å². The van der Waals surface area contributed by atoms with Crippen molar-refractivity contribution in [1.29, 1.82) is 0 Å². The van der Waals surface area contributed by atoms with Gasteiger partial charge in [-0.05, 0) is 37.5 Å². The number of nitrogens with zero attached hydrogens (tertiary/aromatic N) is 5. The summed E-state index contributed by atoms with van der Waals surface area (Å²) in [5.41, 5.74) is 9.37. The maximum absolute atomic E-state index is 14.0. The molecule has 85 heavy (non-hydrogen) atoms. The molecule has 0 radical (unpaired) electrons. The van der Waals surface area contributed by atoms with E-state index in [1.807, 2.05) is 32.0 Å². The first kappa shape index (κ1) is 69.6. The molecule has 3 aromatic rings. The lowest BCUT2D eigenvalue weighted by Gasteiger charge is -2.39. The van der Waals surface area contributed by atoms with E-state index in [1.54, 1.807) is 6.08 Å². The fourth-order valence-electron chi connectivity index (χ4n) is 7.74. The quantitative estimate of drug-likeness (QED) is 0.0139. The second-order valence-corrected chi connectivity index (χ2v) is 19.5. The van der Waals surface area contributed by atoms with Crippen LogP contribution in [0.15, 0.2) is 46.1 Å². The van der Waals surface area contributed by atoms with Crippen LogP contribution in [0.5, 0.6) is 5.75 Å². The summed E-state index contributed by atoms with van der Waals surface area (Å²) in [5.74, 6) is -13.4. The van der Waals surface area contributed by atoms with Gasteiger partial charge in [-0.1, -0.05) is 19.1 Å². The minimum Gasteiger partial charge on any atom is -0.420 e. The highest BCUT2D eigenvalue weighted by Crippen LogP contribution is 2.34. The molecule has 2 aliphatic rings. The van der Waals surface area contributed by atoms with Crippen LogP contribution in [-0.4, -0.2) is 227 Å². The van der Waals surface area contributed by atoms with Gasteiger partial charge in [-0.3, -0.25) is 28.6 Å². The fourth-order valence-corrected chi connectivity index (χ4v) is 8.38. The first-order chi connectivity index (χ1) is 41.0. The van der Waals surface area contributed by atoms with Crippen molar-refractivity contribution >= 4 is 51.4 Å². The van der Waals surface area contributed by atoms with Crippen molar-refractivity contribution in [1.82, 2.24) is 25.2 Å². The summed E-state index contributed by atoms with van der Waals surface area (Å²) in [5, 5.41) is 4.17. The van der Waals surface area contributed by atoms with E-state index in [-0.39, 0.29) is 76.1 Å². The number of halogens is 4. The number of fused-ring (bicyclic) bond motifs is 1. The van der Waals surface area contributed by atoms with Gasteiger partial charge in [0.2, 0.25) is 29.1 Å². The number of amidine groups is 1. The van der Waals surface area contributed by atoms with Gasteiger partial charge >= 0.3 is 16.1 Å². The SMILES string of the molecule is CCCN(OCC)C(=O)C1=Cc2ccc(-c3cnc(C(=O)N4CC[C@H]4C(=O)NCCOCCOCCOCCOCCOCCOCCOCCOCCOCCOCCC(=O)Oc4c(F)c(F)c(S(=O)(=O)O)c(F)c4F)nc3)cc2N=C(N)C1. The first-order valence-electron chi connectivity index (χ1n) is 27.4. The van der Waals surface area contributed by atoms with E-state index in [0.29, 0.717) is 135 Å². The van der Waals surface area contributed by atoms with E-state index in [0.717, 1.165) is 17.5 Å². The number of ether oxygens (including phenoxy) is 11. The number of nitrogens with one attached hydrogen (secondary N) is 1. The number of esters is 1. The lowest BCUT2D eigenvalue weighted by Crippen LogP contribution is -2.58. The Morgan fingerprint density at radius 3 is 1.62 bits per heavy atom. The lowest BCUT2D eigenvalue weighted by atomic mass is 10.0. The van der Waals surface area contributed by atoms with Crippen LogP contribution in [0.1, 0.15) is 55.7 Å². The van der Waals surface area contributed by atoms with Crippen LogP contribution in [-0.2, 0) is 76.7 Å². The molecule has 2 aliphatic heterocycles. The summed E-state index contributed by atoms with van der Waals surface area (Å²) in [6.07, 6.45) is 5.68. The normalized spacial score (nSPS) is 14.1. The Morgan fingerprint density at radius 2 is 1.18 bits per heavy atom. The third-order valence-electron chi connectivity index (χ3n) is 12.0. The van der Waals surface area contributed by atoms with E-state index in [9.17, 15) is 45.2 Å². The molecule has 3 heterocycles. The van der Waals surface area contributed by atoms with Crippen molar-refractivity contribution in [2.24, 2.45) is 10.7 Å². The monoisotopic (exact) mass is 1230 g/mol. The Morgan fingerprint density at radius 1 is 0.694 bits per heavy atom. The number of hydrogen-bond donors (Lipinski definition) is 3. The van der Waals surface area contributed by atoms with Crippen LogP contribution in [0.2, 0.25) is 0 Å². The Bertz CT molecular complexity index is 2750. The second-order valence-electron chi connectivity index (χ2n) is 18.2. The molecule has 26 nitrogen and oxygen atoms in total. The van der Waals surface area contributed by atoms with Gasteiger partial charge in [-0.2, -0.15) is 17.2 Å². The summed E-state index contributed by atoms with van der Waals surface area (Å²) in [6, 6.07) is 4.87. The van der Waals surface area contributed by atoms with Crippen molar-refractivity contribution in [2.75, 3.05) is 158 Å². The number of hydrogen-bond acceptors (Lipinski definition) is 22. The van der Waals surface area contributed by atoms with Gasteiger partial charge in [0.25, 0.3) is 11.8 Å². The molecule has 2 aromatic carbocycles. The number of carbonyl (C=O) groups is 4. The van der Waals surface area contributed by atoms with Crippen molar-refractivity contribution < 1.29 is 107 Å². The molecule has 1 fully saturated rings. The van der Waals surface area contributed by atoms with Crippen LogP contribution < -0.4 is 15.8 Å². The minimum atomic E-state index is -5.65. The van der Waals surface area contributed by atoms with E-state index in [1.165, 1.54) is 22.4 Å². The molecule has 472 valence electrons. The molecule has 1 saturated heterocycles. The zero-order chi connectivity index (χ0) is 61.4. The Kier molecular flexibility index (Phi) is 31.2. The smallest absolute Gasteiger partial charge is 0.313 e. The van der Waals surface area contributed by atoms with E-state index in [4.69, 9.17) is 62.5 Å². The number of likely N-dealkylation sites (tertiary alicyclic amines) is 1. The van der Waals surface area contributed by atoms with Crippen LogP contribution in [0.25, 0.3) is 17.2 Å². The molecule has 5 rings (SSSR count). The molecular weight excluding hydrogens is 1160 g/mol. The topological polar surface area (TPSA) is 316 Å². The third-order valence-corrected chi connectivity index (χ3v) is 12.8. The van der Waals surface area contributed by atoms with Crippen molar-refractivity contribution in [3.05, 3.63) is 70.8 Å². The van der Waals surface area contributed by atoms with Crippen LogP contribution >= 0.6 is 0 Å². The molecule has 0 unspecified atom stereocenters. The van der Waals surface area contributed by atoms with E-state index in [2.05, 4.69) is 25.0 Å². The molecule has 1 aromatic heterocycles. The van der Waals surface area contributed by atoms with Gasteiger partial charge in [-0.25, -0.2) is 28.8 Å². The summed E-state index contributed by atoms with van der Waals surface area (Å²) in [6.45, 7) is 10.8. The molecule has 0 bridgehead atoms. The van der Waals surface area contributed by atoms with Gasteiger partial charge in [0.1, 0.15) is 11.9 Å². The molecule has 4 N–H and O–H groups in total. The van der Waals surface area contributed by atoms with E-state index < -0.39 is 68.4 Å². The summed E-state index contributed by atoms with van der Waals surface area (Å²) in [4.78, 5) is 69.2. The molecule has 1 atom stereocenters. The van der Waals surface area contributed by atoms with Crippen LogP contribution in [0.3, 0.4) is 0 Å². The fraction of sp³-hybridized carbons (Fsp3) is 0.574. The largest absolute Gasteiger partial charge is 0.420 e. The number of amides is 3. The second kappa shape index (κ2) is 38.1. The van der Waals surface area contributed by atoms with Gasteiger partial charge in [0.15, 0.2) is 16.5 Å². The zero-order valence-corrected chi connectivity index (χ0v) is 48.2. The number of nitrogens with two attached hydrogens (primary N) is 1. The van der Waals surface area contributed by atoms with Gasteiger partial charge in [0.05, 0.1) is 151 Å². The maximum Gasteiger partial charge on any atom is 0.313 e. The number of hydroxylamine groups is 2. The predicted molar refractivity (Wildman–Crippen MR) is 292 cm³/mol. The van der Waals surface area contributed by atoms with E-state index >= 15 is 0 Å². The standard InChI is InChI=1S/C54H73F4N7O19S/c1-3-10-65(83-4-2)53(68)39-32-38-6-5-37(33-41(38)63-43(59)34-39)40-35-61-51(62-36-40)54(69)64-11-7-42(64)52(67)60-9-13-74-15-17-76-19-21-78-23-25-80-27-29-82-31-30-81-28-26-79-24-22-77-20-18-75-16-14-73-12-8-44(66)84-49-45(55)47(57)50(85(70,71)72)48(58)46(49)56/h5-6,32-33,35-36,42H,3-4,7-31,34H2,1-2H3,(H2,59,63)(H,60,67)(H,70,71,72)/t42-/m0/s1. The number of aromatic nitrogens is 2. The molecule has 0 aliphatic carbocycles. The minimum absolute atomic E-state index is 0.0122. The van der Waals surface area contributed by atoms with Crippen molar-refractivity contribution in [2.45, 2.75) is 50.5 Å². The number of rotatable bonds is 43. The Labute approximate surface area is 489 Å². The average molecular weight is 1230 g/mol. The number of aliphatic imine (C=N–C) groups is 1. The summed E-state index contributed by atoms with van der Waals surface area (Å²) >= 11 is 0. The average Bonchev–Trinajstić information content (AvgIpc) is 1.70. The number of benzene rings is 2. The molecule has 0 saturated carbocycles. The molecule has 31 heteroatoms. The van der Waals surface area contributed by atoms with Gasteiger partial charge in [-0.15, -0.1) is 0 Å². The van der Waals surface area contributed by atoms with Gasteiger partial charge in [0, 0.05) is 55.1 Å².